The summed E-state index contributed by atoms with van der Waals surface area (Å²) in [6.45, 7) is 0.550. The molecule has 0 aliphatic carbocycles. The fraction of sp³-hybridized carbons (Fsp3) is 0.200. The third-order valence-corrected chi connectivity index (χ3v) is 5.91. The van der Waals surface area contributed by atoms with Gasteiger partial charge in [0.25, 0.3) is 11.8 Å². The number of aromatic nitrogens is 2. The maximum Gasteiger partial charge on any atom is 0.261 e. The Bertz CT molecular complexity index is 1350. The Morgan fingerprint density at radius 1 is 0.909 bits per heavy atom. The zero-order chi connectivity index (χ0) is 22.4. The zero-order valence-electron chi connectivity index (χ0n) is 17.6. The molecule has 0 bridgehead atoms. The van der Waals surface area contributed by atoms with E-state index in [0.717, 1.165) is 10.8 Å². The first-order valence-corrected chi connectivity index (χ1v) is 10.8. The molecular formula is C25H19N3O5. The number of nitrogens with zero attached hydrogens (tertiary/aromatic N) is 3. The molecule has 1 unspecified atom stereocenters. The summed E-state index contributed by atoms with van der Waals surface area (Å²) in [6, 6.07) is 18.4. The summed E-state index contributed by atoms with van der Waals surface area (Å²) in [4.78, 5) is 31.7. The van der Waals surface area contributed by atoms with Crippen molar-refractivity contribution in [2.45, 2.75) is 18.9 Å². The molecule has 3 heterocycles. The second kappa shape index (κ2) is 7.74. The van der Waals surface area contributed by atoms with E-state index in [1.54, 1.807) is 12.1 Å². The Kier molecular flexibility index (Phi) is 4.57. The van der Waals surface area contributed by atoms with Crippen molar-refractivity contribution >= 4 is 22.6 Å². The fourth-order valence-electron chi connectivity index (χ4n) is 4.32. The topological polar surface area (TPSA) is 94.8 Å². The molecule has 0 saturated carbocycles. The summed E-state index contributed by atoms with van der Waals surface area (Å²) < 4.78 is 17.0. The molecule has 0 saturated heterocycles. The van der Waals surface area contributed by atoms with Crippen LogP contribution < -0.4 is 9.47 Å². The van der Waals surface area contributed by atoms with Crippen molar-refractivity contribution in [1.29, 1.82) is 0 Å². The quantitative estimate of drug-likeness (QED) is 0.433. The van der Waals surface area contributed by atoms with Crippen molar-refractivity contribution in [3.05, 3.63) is 83.5 Å². The number of hydrogen-bond donors (Lipinski definition) is 0. The van der Waals surface area contributed by atoms with Crippen LogP contribution >= 0.6 is 0 Å². The normalized spacial score (nSPS) is 17.0. The lowest BCUT2D eigenvalue weighted by Crippen LogP contribution is -2.41. The molecule has 2 aliphatic heterocycles. The number of carbonyl (C=O) groups excluding carboxylic acids is 2. The van der Waals surface area contributed by atoms with Gasteiger partial charge in [-0.3, -0.25) is 14.5 Å². The monoisotopic (exact) mass is 441 g/mol. The second-order valence-electron chi connectivity index (χ2n) is 7.99. The smallest absolute Gasteiger partial charge is 0.261 e. The Morgan fingerprint density at radius 3 is 2.39 bits per heavy atom. The first-order chi connectivity index (χ1) is 16.2. The molecule has 4 aromatic rings. The van der Waals surface area contributed by atoms with E-state index in [1.807, 2.05) is 48.5 Å². The van der Waals surface area contributed by atoms with Crippen molar-refractivity contribution in [1.82, 2.24) is 15.0 Å². The molecule has 1 aromatic heterocycles. The summed E-state index contributed by atoms with van der Waals surface area (Å²) in [7, 11) is 0. The largest absolute Gasteiger partial charge is 0.485 e. The highest BCUT2D eigenvalue weighted by molar-refractivity contribution is 6.25. The molecule has 8 nitrogen and oxygen atoms in total. The van der Waals surface area contributed by atoms with Crippen LogP contribution in [-0.2, 0) is 6.42 Å². The zero-order valence-corrected chi connectivity index (χ0v) is 17.6. The van der Waals surface area contributed by atoms with Crippen LogP contribution in [0.3, 0.4) is 0 Å². The number of hydrogen-bond acceptors (Lipinski definition) is 7. The van der Waals surface area contributed by atoms with E-state index in [4.69, 9.17) is 14.0 Å². The third kappa shape index (κ3) is 3.31. The first-order valence-electron chi connectivity index (χ1n) is 10.8. The van der Waals surface area contributed by atoms with E-state index in [2.05, 4.69) is 10.1 Å². The van der Waals surface area contributed by atoms with Gasteiger partial charge >= 0.3 is 0 Å². The Balaban J connectivity index is 1.13. The number of rotatable bonds is 5. The van der Waals surface area contributed by atoms with Crippen LogP contribution in [0.4, 0.5) is 0 Å². The Hall–Kier alpha value is -4.20. The molecule has 164 valence electrons. The predicted octanol–water partition coefficient (Wildman–Crippen LogP) is 3.96. The van der Waals surface area contributed by atoms with Gasteiger partial charge < -0.3 is 14.0 Å². The lowest BCUT2D eigenvalue weighted by molar-refractivity contribution is 0.0608. The molecule has 33 heavy (non-hydrogen) atoms. The van der Waals surface area contributed by atoms with Crippen molar-refractivity contribution in [3.8, 4) is 11.5 Å². The van der Waals surface area contributed by atoms with E-state index in [9.17, 15) is 9.59 Å². The molecule has 3 aromatic carbocycles. The number of ether oxygens (including phenoxy) is 2. The van der Waals surface area contributed by atoms with Crippen molar-refractivity contribution in [3.63, 3.8) is 0 Å². The average molecular weight is 441 g/mol. The standard InChI is InChI=1S/C25H19N3O5/c29-24-16-8-3-6-15-7-4-9-17(22(15)16)25(30)28(24)13-5-12-21-26-23(27-33-21)20-14-31-18-10-1-2-11-19(18)32-20/h1-4,6-11,20H,5,12-14H2. The van der Waals surface area contributed by atoms with Gasteiger partial charge in [0.15, 0.2) is 17.6 Å². The maximum atomic E-state index is 13.0. The summed E-state index contributed by atoms with van der Waals surface area (Å²) in [5.41, 5.74) is 1.11. The van der Waals surface area contributed by atoms with Crippen LogP contribution in [0.15, 0.2) is 65.2 Å². The van der Waals surface area contributed by atoms with Crippen LogP contribution in [0.1, 0.15) is 45.0 Å². The van der Waals surface area contributed by atoms with Gasteiger partial charge in [-0.15, -0.1) is 0 Å². The van der Waals surface area contributed by atoms with Crippen LogP contribution in [0.2, 0.25) is 0 Å². The van der Waals surface area contributed by atoms with Crippen LogP contribution in [0.25, 0.3) is 10.8 Å². The summed E-state index contributed by atoms with van der Waals surface area (Å²) in [5, 5.41) is 5.64. The molecule has 1 atom stereocenters. The highest BCUT2D eigenvalue weighted by Crippen LogP contribution is 2.35. The van der Waals surface area contributed by atoms with E-state index >= 15 is 0 Å². The second-order valence-corrected chi connectivity index (χ2v) is 7.99. The van der Waals surface area contributed by atoms with Crippen molar-refractivity contribution in [2.24, 2.45) is 0 Å². The molecule has 0 radical (unpaired) electrons. The van der Waals surface area contributed by atoms with Gasteiger partial charge in [0.2, 0.25) is 11.7 Å². The predicted molar refractivity (Wildman–Crippen MR) is 117 cm³/mol. The summed E-state index contributed by atoms with van der Waals surface area (Å²) in [5.74, 6) is 1.60. The minimum absolute atomic E-state index is 0.260. The molecule has 2 aliphatic rings. The van der Waals surface area contributed by atoms with Gasteiger partial charge in [-0.1, -0.05) is 41.6 Å². The van der Waals surface area contributed by atoms with Crippen LogP contribution in [0.5, 0.6) is 11.5 Å². The van der Waals surface area contributed by atoms with Gasteiger partial charge in [-0.2, -0.15) is 4.98 Å². The van der Waals surface area contributed by atoms with E-state index < -0.39 is 6.10 Å². The molecule has 0 N–H and O–H groups in total. The maximum absolute atomic E-state index is 13.0. The molecule has 6 rings (SSSR count). The number of aryl methyl sites for hydroxylation is 1. The van der Waals surface area contributed by atoms with Gasteiger partial charge in [0.1, 0.15) is 6.61 Å². The van der Waals surface area contributed by atoms with Gasteiger partial charge in [-0.05, 0) is 36.1 Å². The molecule has 2 amide bonds. The summed E-state index contributed by atoms with van der Waals surface area (Å²) in [6.07, 6.45) is 0.474. The third-order valence-electron chi connectivity index (χ3n) is 5.91. The molecule has 0 spiro atoms. The van der Waals surface area contributed by atoms with Crippen LogP contribution in [0, 0.1) is 0 Å². The summed E-state index contributed by atoms with van der Waals surface area (Å²) >= 11 is 0. The number of para-hydroxylation sites is 2. The van der Waals surface area contributed by atoms with Crippen molar-refractivity contribution < 1.29 is 23.6 Å². The van der Waals surface area contributed by atoms with Gasteiger partial charge in [0.05, 0.1) is 0 Å². The van der Waals surface area contributed by atoms with Gasteiger partial charge in [-0.25, -0.2) is 0 Å². The minimum Gasteiger partial charge on any atom is -0.485 e. The minimum atomic E-state index is -0.459. The van der Waals surface area contributed by atoms with E-state index in [0.29, 0.717) is 47.2 Å². The number of benzene rings is 3. The first kappa shape index (κ1) is 19.5. The van der Waals surface area contributed by atoms with Gasteiger partial charge in [0, 0.05) is 29.5 Å². The molecular weight excluding hydrogens is 422 g/mol. The Morgan fingerprint density at radius 2 is 1.64 bits per heavy atom. The highest BCUT2D eigenvalue weighted by Gasteiger charge is 2.32. The average Bonchev–Trinajstić information content (AvgIpc) is 3.33. The van der Waals surface area contributed by atoms with E-state index in [1.165, 1.54) is 4.90 Å². The van der Waals surface area contributed by atoms with E-state index in [-0.39, 0.29) is 25.0 Å². The fourth-order valence-corrected chi connectivity index (χ4v) is 4.32. The lowest BCUT2D eigenvalue weighted by Gasteiger charge is -2.27. The van der Waals surface area contributed by atoms with Crippen molar-refractivity contribution in [2.75, 3.05) is 13.2 Å². The number of imide groups is 1. The molecule has 0 fully saturated rings. The number of fused-ring (bicyclic) bond motifs is 1. The number of carbonyl (C=O) groups is 2. The highest BCUT2D eigenvalue weighted by atomic mass is 16.6. The molecule has 8 heteroatoms. The lowest BCUT2D eigenvalue weighted by atomic mass is 9.94. The number of amides is 2. The SMILES string of the molecule is O=C1c2cccc3cccc(c23)C(=O)N1CCCc1nc(C2COc3ccccc3O2)no1. The Labute approximate surface area is 188 Å². The van der Waals surface area contributed by atoms with Crippen LogP contribution in [-0.4, -0.2) is 40.0 Å².